The van der Waals surface area contributed by atoms with Crippen molar-refractivity contribution in [3.63, 3.8) is 0 Å². The lowest BCUT2D eigenvalue weighted by Gasteiger charge is -2.13. The molecule has 4 aromatic heterocycles. The lowest BCUT2D eigenvalue weighted by atomic mass is 9.97. The first-order valence-electron chi connectivity index (χ1n) is 10.7. The van der Waals surface area contributed by atoms with Crippen LogP contribution in [0.3, 0.4) is 0 Å². The molecule has 0 aliphatic rings. The molecule has 5 aromatic rings. The Bertz CT molecular complexity index is 1800. The number of pyridine rings is 2. The van der Waals surface area contributed by atoms with Crippen LogP contribution in [0.1, 0.15) is 11.3 Å². The monoisotopic (exact) mass is 528 g/mol. The van der Waals surface area contributed by atoms with E-state index in [0.717, 1.165) is 26.1 Å². The number of aryl methyl sites for hydroxylation is 1. The van der Waals surface area contributed by atoms with Crippen LogP contribution in [0.25, 0.3) is 27.9 Å². The predicted molar refractivity (Wildman–Crippen MR) is 130 cm³/mol. The van der Waals surface area contributed by atoms with E-state index in [0.29, 0.717) is 21.7 Å². The van der Waals surface area contributed by atoms with E-state index in [9.17, 15) is 27.6 Å². The van der Waals surface area contributed by atoms with Crippen LogP contribution in [0.15, 0.2) is 75.3 Å². The second-order valence-electron chi connectivity index (χ2n) is 8.15. The average Bonchev–Trinajstić information content (AvgIpc) is 3.18. The van der Waals surface area contributed by atoms with Gasteiger partial charge < -0.3 is 4.98 Å². The van der Waals surface area contributed by atoms with Gasteiger partial charge in [0.1, 0.15) is 5.69 Å². The third-order valence-corrected chi connectivity index (χ3v) is 6.00. The van der Waals surface area contributed by atoms with Gasteiger partial charge in [-0.3, -0.25) is 14.6 Å². The van der Waals surface area contributed by atoms with E-state index in [1.807, 2.05) is 0 Å². The van der Waals surface area contributed by atoms with Gasteiger partial charge in [-0.15, -0.1) is 5.10 Å². The number of H-pyrrole nitrogens is 1. The molecule has 0 aliphatic carbocycles. The number of benzene rings is 1. The zero-order chi connectivity index (χ0) is 26.5. The summed E-state index contributed by atoms with van der Waals surface area (Å²) < 4.78 is 41.8. The van der Waals surface area contributed by atoms with Gasteiger partial charge in [0, 0.05) is 41.7 Å². The number of alkyl halides is 3. The molecule has 0 saturated heterocycles. The van der Waals surface area contributed by atoms with Crippen molar-refractivity contribution < 1.29 is 13.2 Å². The maximum absolute atomic E-state index is 13.5. The fourth-order valence-corrected chi connectivity index (χ4v) is 4.11. The zero-order valence-corrected chi connectivity index (χ0v) is 19.7. The number of aromatic nitrogens is 6. The molecule has 0 atom stereocenters. The highest BCUT2D eigenvalue weighted by atomic mass is 35.5. The number of aromatic amines is 1. The van der Waals surface area contributed by atoms with Crippen LogP contribution in [0.2, 0.25) is 5.02 Å². The Labute approximate surface area is 210 Å². The summed E-state index contributed by atoms with van der Waals surface area (Å²) in [6, 6.07) is 11.3. The van der Waals surface area contributed by atoms with Crippen LogP contribution >= 0.6 is 11.6 Å². The van der Waals surface area contributed by atoms with Gasteiger partial charge in [-0.25, -0.2) is 14.2 Å². The molecule has 0 unspecified atom stereocenters. The lowest BCUT2D eigenvalue weighted by molar-refractivity contribution is -0.141. The summed E-state index contributed by atoms with van der Waals surface area (Å²) in [5, 5.41) is 4.88. The van der Waals surface area contributed by atoms with Gasteiger partial charge >= 0.3 is 11.9 Å². The molecule has 9 nitrogen and oxygen atoms in total. The van der Waals surface area contributed by atoms with E-state index >= 15 is 0 Å². The zero-order valence-electron chi connectivity index (χ0n) is 19.0. The molecule has 0 bridgehead atoms. The number of nitrogens with zero attached hydrogens (tertiary/aromatic N) is 5. The van der Waals surface area contributed by atoms with Crippen molar-refractivity contribution in [2.75, 3.05) is 0 Å². The predicted octanol–water partition coefficient (Wildman–Crippen LogP) is 3.33. The largest absolute Gasteiger partial charge is 0.433 e. The van der Waals surface area contributed by atoms with Gasteiger partial charge in [-0.05, 0) is 35.4 Å². The lowest BCUT2D eigenvalue weighted by Crippen LogP contribution is -2.33. The van der Waals surface area contributed by atoms with E-state index in [1.54, 1.807) is 24.3 Å². The molecular weight excluding hydrogens is 513 g/mol. The Morgan fingerprint density at radius 3 is 2.24 bits per heavy atom. The molecule has 37 heavy (non-hydrogen) atoms. The SMILES string of the molecule is Cn1c(=O)c(-c2ccc(Cl)cc2)c(-c2ccc(=O)[nH]c2)c2nn(Cc3ccc(C(F)(F)F)nc3)c(=O)n21. The first kappa shape index (κ1) is 24.3. The quantitative estimate of drug-likeness (QED) is 0.385. The van der Waals surface area contributed by atoms with Gasteiger partial charge in [0.2, 0.25) is 5.56 Å². The van der Waals surface area contributed by atoms with Gasteiger partial charge in [-0.1, -0.05) is 29.8 Å². The van der Waals surface area contributed by atoms with Crippen LogP contribution < -0.4 is 16.8 Å². The molecule has 0 amide bonds. The van der Waals surface area contributed by atoms with Crippen molar-refractivity contribution >= 4 is 17.2 Å². The van der Waals surface area contributed by atoms with Gasteiger partial charge in [0.15, 0.2) is 5.65 Å². The molecule has 0 saturated carbocycles. The normalized spacial score (nSPS) is 11.8. The van der Waals surface area contributed by atoms with Crippen molar-refractivity contribution in [3.8, 4) is 22.3 Å². The minimum atomic E-state index is -4.60. The Morgan fingerprint density at radius 1 is 0.946 bits per heavy atom. The summed E-state index contributed by atoms with van der Waals surface area (Å²) in [4.78, 5) is 44.5. The highest BCUT2D eigenvalue weighted by Gasteiger charge is 2.32. The standard InChI is InChI=1S/C24H16ClF3N6O3/c1-32-22(36)20(14-3-6-16(25)7-4-14)19(15-5-9-18(35)30-11-15)21-31-33(23(37)34(21)32)12-13-2-8-17(29-10-13)24(26,27)28/h2-11H,12H2,1H3,(H,30,35). The summed E-state index contributed by atoms with van der Waals surface area (Å²) in [5.74, 6) is 0. The molecule has 0 aliphatic heterocycles. The summed E-state index contributed by atoms with van der Waals surface area (Å²) in [5.41, 5.74) is -0.825. The molecule has 5 rings (SSSR count). The van der Waals surface area contributed by atoms with Crippen molar-refractivity contribution in [1.29, 1.82) is 0 Å². The van der Waals surface area contributed by atoms with E-state index in [1.165, 1.54) is 31.4 Å². The van der Waals surface area contributed by atoms with Gasteiger partial charge in [0.25, 0.3) is 5.56 Å². The molecule has 13 heteroatoms. The maximum atomic E-state index is 13.5. The molecule has 0 radical (unpaired) electrons. The number of rotatable bonds is 4. The molecule has 0 fully saturated rings. The molecule has 4 heterocycles. The minimum Gasteiger partial charge on any atom is -0.328 e. The Morgan fingerprint density at radius 2 is 1.65 bits per heavy atom. The molecular formula is C24H16ClF3N6O3. The first-order chi connectivity index (χ1) is 17.5. The summed E-state index contributed by atoms with van der Waals surface area (Å²) >= 11 is 6.02. The summed E-state index contributed by atoms with van der Waals surface area (Å²) in [7, 11) is 1.40. The van der Waals surface area contributed by atoms with Gasteiger partial charge in [-0.2, -0.15) is 17.7 Å². The first-order valence-corrected chi connectivity index (χ1v) is 11.1. The van der Waals surface area contributed by atoms with E-state index in [4.69, 9.17) is 11.6 Å². The highest BCUT2D eigenvalue weighted by Crippen LogP contribution is 2.32. The highest BCUT2D eigenvalue weighted by molar-refractivity contribution is 6.30. The summed E-state index contributed by atoms with van der Waals surface area (Å²) in [6.45, 7) is -0.193. The van der Waals surface area contributed by atoms with E-state index < -0.39 is 23.1 Å². The van der Waals surface area contributed by atoms with E-state index in [2.05, 4.69) is 15.1 Å². The molecule has 188 valence electrons. The Kier molecular flexibility index (Phi) is 5.83. The second kappa shape index (κ2) is 8.89. The number of halogens is 4. The van der Waals surface area contributed by atoms with Crippen LogP contribution in [0, 0.1) is 0 Å². The number of hydrogen-bond donors (Lipinski definition) is 1. The van der Waals surface area contributed by atoms with Crippen LogP contribution in [-0.2, 0) is 19.8 Å². The number of fused-ring (bicyclic) bond motifs is 1. The number of nitrogens with one attached hydrogen (secondary N) is 1. The van der Waals surface area contributed by atoms with Crippen molar-refractivity contribution in [3.05, 3.63) is 108 Å². The van der Waals surface area contributed by atoms with Gasteiger partial charge in [0.05, 0.1) is 12.1 Å². The summed E-state index contributed by atoms with van der Waals surface area (Å²) in [6.07, 6.45) is -2.18. The fraction of sp³-hybridized carbons (Fsp3) is 0.125. The molecule has 0 spiro atoms. The van der Waals surface area contributed by atoms with Crippen LogP contribution in [0.4, 0.5) is 13.2 Å². The molecule has 1 aromatic carbocycles. The average molecular weight is 529 g/mol. The number of hydrogen-bond acceptors (Lipinski definition) is 5. The smallest absolute Gasteiger partial charge is 0.328 e. The Hall–Kier alpha value is -4.45. The Balaban J connectivity index is 1.76. The molecule has 1 N–H and O–H groups in total. The maximum Gasteiger partial charge on any atom is 0.433 e. The van der Waals surface area contributed by atoms with E-state index in [-0.39, 0.29) is 28.9 Å². The van der Waals surface area contributed by atoms with Crippen molar-refractivity contribution in [1.82, 2.24) is 28.9 Å². The second-order valence-corrected chi connectivity index (χ2v) is 8.59. The minimum absolute atomic E-state index is 0.101. The third kappa shape index (κ3) is 4.35. The van der Waals surface area contributed by atoms with Crippen LogP contribution in [0.5, 0.6) is 0 Å². The topological polar surface area (TPSA) is 107 Å². The fourth-order valence-electron chi connectivity index (χ4n) is 3.98. The third-order valence-electron chi connectivity index (χ3n) is 5.75. The van der Waals surface area contributed by atoms with Crippen molar-refractivity contribution in [2.45, 2.75) is 12.7 Å². The van der Waals surface area contributed by atoms with Crippen molar-refractivity contribution in [2.24, 2.45) is 7.05 Å². The van der Waals surface area contributed by atoms with Crippen LogP contribution in [-0.4, -0.2) is 28.9 Å².